The molecule has 1 aliphatic rings. The second-order valence-electron chi connectivity index (χ2n) is 6.73. The van der Waals surface area contributed by atoms with Crippen molar-refractivity contribution in [1.82, 2.24) is 4.90 Å². The van der Waals surface area contributed by atoms with E-state index in [9.17, 15) is 4.79 Å². The molecule has 0 saturated heterocycles. The standard InChI is InChI=1S/C22H21NO4/c1-15-3-7-18(8-4-15)22(24)23(13-19-9-5-16(2)27-19)12-17-6-10-20-21(11-17)26-14-25-20/h3-11H,12-14H2,1-2H3. The van der Waals surface area contributed by atoms with Crippen molar-refractivity contribution in [3.63, 3.8) is 0 Å². The van der Waals surface area contributed by atoms with Gasteiger partial charge in [0.05, 0.1) is 6.54 Å². The molecular formula is C22H21NO4. The number of nitrogens with zero attached hydrogens (tertiary/aromatic N) is 1. The average molecular weight is 363 g/mol. The van der Waals surface area contributed by atoms with Crippen LogP contribution >= 0.6 is 0 Å². The van der Waals surface area contributed by atoms with Gasteiger partial charge in [0.1, 0.15) is 11.5 Å². The van der Waals surface area contributed by atoms with Crippen molar-refractivity contribution >= 4 is 5.91 Å². The van der Waals surface area contributed by atoms with Crippen molar-refractivity contribution in [3.05, 3.63) is 82.8 Å². The van der Waals surface area contributed by atoms with Gasteiger partial charge in [0.2, 0.25) is 6.79 Å². The minimum atomic E-state index is -0.0401. The number of aryl methyl sites for hydroxylation is 2. The molecule has 0 N–H and O–H groups in total. The van der Waals surface area contributed by atoms with Crippen molar-refractivity contribution < 1.29 is 18.7 Å². The van der Waals surface area contributed by atoms with Crippen LogP contribution in [0.5, 0.6) is 11.5 Å². The van der Waals surface area contributed by atoms with Crippen LogP contribution in [-0.2, 0) is 13.1 Å². The fraction of sp³-hybridized carbons (Fsp3) is 0.227. The maximum absolute atomic E-state index is 13.1. The summed E-state index contributed by atoms with van der Waals surface area (Å²) >= 11 is 0. The van der Waals surface area contributed by atoms with Crippen molar-refractivity contribution in [3.8, 4) is 11.5 Å². The molecule has 0 radical (unpaired) electrons. The summed E-state index contributed by atoms with van der Waals surface area (Å²) in [6.45, 7) is 4.98. The largest absolute Gasteiger partial charge is 0.464 e. The third-order valence-corrected chi connectivity index (χ3v) is 4.54. The first-order valence-electron chi connectivity index (χ1n) is 8.88. The van der Waals surface area contributed by atoms with Gasteiger partial charge in [-0.3, -0.25) is 4.79 Å². The topological polar surface area (TPSA) is 51.9 Å². The highest BCUT2D eigenvalue weighted by Gasteiger charge is 2.20. The third kappa shape index (κ3) is 3.82. The molecule has 138 valence electrons. The molecule has 0 aliphatic carbocycles. The summed E-state index contributed by atoms with van der Waals surface area (Å²) in [5.74, 6) is 2.99. The van der Waals surface area contributed by atoms with E-state index in [0.717, 1.165) is 28.4 Å². The lowest BCUT2D eigenvalue weighted by molar-refractivity contribution is 0.0717. The molecule has 4 rings (SSSR count). The zero-order chi connectivity index (χ0) is 18.8. The van der Waals surface area contributed by atoms with Gasteiger partial charge in [0, 0.05) is 12.1 Å². The van der Waals surface area contributed by atoms with Crippen LogP contribution in [0, 0.1) is 13.8 Å². The molecule has 0 saturated carbocycles. The van der Waals surface area contributed by atoms with Gasteiger partial charge in [-0.05, 0) is 55.8 Å². The van der Waals surface area contributed by atoms with Gasteiger partial charge in [-0.15, -0.1) is 0 Å². The zero-order valence-electron chi connectivity index (χ0n) is 15.4. The summed E-state index contributed by atoms with van der Waals surface area (Å²) in [5, 5.41) is 0. The first-order valence-corrected chi connectivity index (χ1v) is 8.88. The number of benzene rings is 2. The Labute approximate surface area is 158 Å². The van der Waals surface area contributed by atoms with E-state index in [2.05, 4.69) is 0 Å². The highest BCUT2D eigenvalue weighted by atomic mass is 16.7. The van der Waals surface area contributed by atoms with Crippen LogP contribution in [0.2, 0.25) is 0 Å². The third-order valence-electron chi connectivity index (χ3n) is 4.54. The predicted octanol–water partition coefficient (Wildman–Crippen LogP) is 4.47. The lowest BCUT2D eigenvalue weighted by Gasteiger charge is -2.22. The van der Waals surface area contributed by atoms with E-state index < -0.39 is 0 Å². The van der Waals surface area contributed by atoms with E-state index in [4.69, 9.17) is 13.9 Å². The number of hydrogen-bond acceptors (Lipinski definition) is 4. The van der Waals surface area contributed by atoms with Gasteiger partial charge in [-0.1, -0.05) is 23.8 Å². The highest BCUT2D eigenvalue weighted by molar-refractivity contribution is 5.94. The van der Waals surface area contributed by atoms with Crippen LogP contribution < -0.4 is 9.47 Å². The van der Waals surface area contributed by atoms with Gasteiger partial charge >= 0.3 is 0 Å². The van der Waals surface area contributed by atoms with Crippen LogP contribution in [0.4, 0.5) is 0 Å². The summed E-state index contributed by atoms with van der Waals surface area (Å²) in [7, 11) is 0. The second-order valence-corrected chi connectivity index (χ2v) is 6.73. The Bertz CT molecular complexity index is 959. The Morgan fingerprint density at radius 1 is 0.926 bits per heavy atom. The number of furan rings is 1. The van der Waals surface area contributed by atoms with Crippen molar-refractivity contribution in [2.24, 2.45) is 0 Å². The molecule has 27 heavy (non-hydrogen) atoms. The number of carbonyl (C=O) groups excluding carboxylic acids is 1. The van der Waals surface area contributed by atoms with E-state index in [1.807, 2.05) is 68.4 Å². The van der Waals surface area contributed by atoms with E-state index in [1.54, 1.807) is 4.90 Å². The number of fused-ring (bicyclic) bond motifs is 1. The van der Waals surface area contributed by atoms with Gasteiger partial charge in [-0.25, -0.2) is 0 Å². The van der Waals surface area contributed by atoms with E-state index in [0.29, 0.717) is 24.4 Å². The molecule has 1 amide bonds. The Kier molecular flexibility index (Phi) is 4.59. The zero-order valence-corrected chi connectivity index (χ0v) is 15.4. The van der Waals surface area contributed by atoms with Gasteiger partial charge in [-0.2, -0.15) is 0 Å². The fourth-order valence-corrected chi connectivity index (χ4v) is 3.10. The molecule has 2 aromatic carbocycles. The van der Waals surface area contributed by atoms with Crippen LogP contribution in [0.1, 0.15) is 33.0 Å². The molecule has 1 aromatic heterocycles. The van der Waals surface area contributed by atoms with Gasteiger partial charge in [0.25, 0.3) is 5.91 Å². The molecule has 2 heterocycles. The fourth-order valence-electron chi connectivity index (χ4n) is 3.10. The molecule has 0 bridgehead atoms. The molecule has 0 atom stereocenters. The number of hydrogen-bond donors (Lipinski definition) is 0. The van der Waals surface area contributed by atoms with Crippen LogP contribution in [-0.4, -0.2) is 17.6 Å². The summed E-state index contributed by atoms with van der Waals surface area (Å²) < 4.78 is 16.5. The predicted molar refractivity (Wildman–Crippen MR) is 101 cm³/mol. The minimum absolute atomic E-state index is 0.0401. The number of amides is 1. The lowest BCUT2D eigenvalue weighted by atomic mass is 10.1. The molecular weight excluding hydrogens is 342 g/mol. The molecule has 0 fully saturated rings. The first kappa shape index (κ1) is 17.2. The summed E-state index contributed by atoms with van der Waals surface area (Å²) in [4.78, 5) is 14.9. The molecule has 0 spiro atoms. The Morgan fingerprint density at radius 3 is 2.44 bits per heavy atom. The van der Waals surface area contributed by atoms with Gasteiger partial charge in [0.15, 0.2) is 11.5 Å². The molecule has 3 aromatic rings. The Hall–Kier alpha value is -3.21. The highest BCUT2D eigenvalue weighted by Crippen LogP contribution is 2.33. The Morgan fingerprint density at radius 2 is 1.70 bits per heavy atom. The Balaban J connectivity index is 1.60. The van der Waals surface area contributed by atoms with E-state index >= 15 is 0 Å². The van der Waals surface area contributed by atoms with Gasteiger partial charge < -0.3 is 18.8 Å². The van der Waals surface area contributed by atoms with Crippen molar-refractivity contribution in [2.45, 2.75) is 26.9 Å². The molecule has 0 unspecified atom stereocenters. The van der Waals surface area contributed by atoms with Crippen molar-refractivity contribution in [2.75, 3.05) is 6.79 Å². The molecule has 1 aliphatic heterocycles. The maximum atomic E-state index is 13.1. The number of rotatable bonds is 5. The lowest BCUT2D eigenvalue weighted by Crippen LogP contribution is -2.30. The minimum Gasteiger partial charge on any atom is -0.464 e. The van der Waals surface area contributed by atoms with Crippen LogP contribution in [0.3, 0.4) is 0 Å². The second kappa shape index (κ2) is 7.19. The monoisotopic (exact) mass is 363 g/mol. The van der Waals surface area contributed by atoms with Crippen molar-refractivity contribution in [1.29, 1.82) is 0 Å². The number of ether oxygens (including phenoxy) is 2. The van der Waals surface area contributed by atoms with E-state index in [1.165, 1.54) is 0 Å². The summed E-state index contributed by atoms with van der Waals surface area (Å²) in [6.07, 6.45) is 0. The first-order chi connectivity index (χ1) is 13.1. The van der Waals surface area contributed by atoms with Crippen LogP contribution in [0.15, 0.2) is 59.0 Å². The smallest absolute Gasteiger partial charge is 0.254 e. The maximum Gasteiger partial charge on any atom is 0.254 e. The van der Waals surface area contributed by atoms with Crippen LogP contribution in [0.25, 0.3) is 0 Å². The summed E-state index contributed by atoms with van der Waals surface area (Å²) in [5.41, 5.74) is 2.75. The number of carbonyl (C=O) groups is 1. The SMILES string of the molecule is Cc1ccc(C(=O)N(Cc2ccc3c(c2)OCO3)Cc2ccc(C)o2)cc1. The normalized spacial score (nSPS) is 12.2. The van der Waals surface area contributed by atoms with E-state index in [-0.39, 0.29) is 12.7 Å². The summed E-state index contributed by atoms with van der Waals surface area (Å²) in [6, 6.07) is 17.2. The molecule has 5 nitrogen and oxygen atoms in total. The average Bonchev–Trinajstić information content (AvgIpc) is 3.29. The quantitative estimate of drug-likeness (QED) is 0.671. The molecule has 5 heteroatoms.